The SMILES string of the molecule is O=C(O)C(Cc1ccc2cc(OCCC3CCNCC3)ccc2c1)NS(=O)(=O)c1ccc(Br)cc1. The number of halogens is 1. The van der Waals surface area contributed by atoms with Crippen molar-refractivity contribution in [2.45, 2.75) is 36.6 Å². The molecule has 1 aliphatic heterocycles. The van der Waals surface area contributed by atoms with Gasteiger partial charge >= 0.3 is 5.97 Å². The van der Waals surface area contributed by atoms with Crippen molar-refractivity contribution >= 4 is 42.7 Å². The second kappa shape index (κ2) is 11.5. The van der Waals surface area contributed by atoms with E-state index in [1.165, 1.54) is 25.0 Å². The molecule has 1 unspecified atom stereocenters. The standard InChI is InChI=1S/C26H29BrN2O5S/c27-22-4-7-24(8-5-22)35(32,33)29-25(26(30)31)16-19-1-2-21-17-23(6-3-20(21)15-19)34-14-11-18-9-12-28-13-10-18/h1-8,15,17-18,25,28-29H,9-14,16H2,(H,30,31). The summed E-state index contributed by atoms with van der Waals surface area (Å²) < 4.78 is 34.4. The number of ether oxygens (including phenoxy) is 1. The number of hydrogen-bond acceptors (Lipinski definition) is 5. The molecule has 9 heteroatoms. The van der Waals surface area contributed by atoms with Crippen molar-refractivity contribution in [2.75, 3.05) is 19.7 Å². The molecule has 1 saturated heterocycles. The number of hydrogen-bond donors (Lipinski definition) is 3. The van der Waals surface area contributed by atoms with Crippen LogP contribution in [0.3, 0.4) is 0 Å². The molecular formula is C26H29BrN2O5S. The highest BCUT2D eigenvalue weighted by Gasteiger charge is 2.26. The Morgan fingerprint density at radius 2 is 1.74 bits per heavy atom. The fourth-order valence-electron chi connectivity index (χ4n) is 4.29. The summed E-state index contributed by atoms with van der Waals surface area (Å²) in [5.74, 6) is 0.288. The first-order valence-corrected chi connectivity index (χ1v) is 13.9. The van der Waals surface area contributed by atoms with E-state index in [9.17, 15) is 18.3 Å². The Kier molecular flexibility index (Phi) is 8.43. The molecule has 1 heterocycles. The predicted molar refractivity (Wildman–Crippen MR) is 139 cm³/mol. The molecule has 3 aromatic rings. The Bertz CT molecular complexity index is 1270. The summed E-state index contributed by atoms with van der Waals surface area (Å²) in [6.45, 7) is 2.85. The van der Waals surface area contributed by atoms with E-state index >= 15 is 0 Å². The smallest absolute Gasteiger partial charge is 0.322 e. The third kappa shape index (κ3) is 7.04. The lowest BCUT2D eigenvalue weighted by atomic mass is 9.95. The van der Waals surface area contributed by atoms with Gasteiger partial charge in [0.15, 0.2) is 0 Å². The van der Waals surface area contributed by atoms with Crippen LogP contribution in [0.25, 0.3) is 10.8 Å². The van der Waals surface area contributed by atoms with E-state index in [1.807, 2.05) is 36.4 Å². The van der Waals surface area contributed by atoms with Crippen LogP contribution < -0.4 is 14.8 Å². The number of nitrogens with one attached hydrogen (secondary N) is 2. The zero-order valence-corrected chi connectivity index (χ0v) is 21.6. The van der Waals surface area contributed by atoms with Gasteiger partial charge in [0.05, 0.1) is 11.5 Å². The molecule has 1 aliphatic rings. The molecule has 0 radical (unpaired) electrons. The van der Waals surface area contributed by atoms with Crippen LogP contribution in [0.15, 0.2) is 70.0 Å². The van der Waals surface area contributed by atoms with Crippen molar-refractivity contribution < 1.29 is 23.1 Å². The van der Waals surface area contributed by atoms with Crippen molar-refractivity contribution in [3.8, 4) is 5.75 Å². The Morgan fingerprint density at radius 1 is 1.06 bits per heavy atom. The summed E-state index contributed by atoms with van der Waals surface area (Å²) in [4.78, 5) is 11.8. The summed E-state index contributed by atoms with van der Waals surface area (Å²) in [6, 6.07) is 16.2. The number of carboxylic acids is 1. The average Bonchev–Trinajstić information content (AvgIpc) is 2.84. The van der Waals surface area contributed by atoms with Crippen LogP contribution in [0.2, 0.25) is 0 Å². The lowest BCUT2D eigenvalue weighted by Crippen LogP contribution is -2.42. The highest BCUT2D eigenvalue weighted by atomic mass is 79.9. The molecule has 1 atom stereocenters. The van der Waals surface area contributed by atoms with Gasteiger partial charge in [0.2, 0.25) is 10.0 Å². The Morgan fingerprint density at radius 3 is 2.46 bits per heavy atom. The van der Waals surface area contributed by atoms with Gasteiger partial charge in [-0.15, -0.1) is 0 Å². The minimum absolute atomic E-state index is 0.0122. The number of benzene rings is 3. The van der Waals surface area contributed by atoms with Crippen LogP contribution in [-0.4, -0.2) is 45.2 Å². The monoisotopic (exact) mass is 560 g/mol. The van der Waals surface area contributed by atoms with E-state index in [-0.39, 0.29) is 11.3 Å². The molecule has 0 bridgehead atoms. The molecule has 0 aliphatic carbocycles. The van der Waals surface area contributed by atoms with Gasteiger partial charge in [-0.2, -0.15) is 4.72 Å². The van der Waals surface area contributed by atoms with Crippen LogP contribution >= 0.6 is 15.9 Å². The van der Waals surface area contributed by atoms with Gasteiger partial charge in [-0.3, -0.25) is 4.79 Å². The zero-order chi connectivity index (χ0) is 24.8. The van der Waals surface area contributed by atoms with Crippen LogP contribution in [0.1, 0.15) is 24.8 Å². The molecule has 0 spiro atoms. The molecule has 0 aromatic heterocycles. The Balaban J connectivity index is 1.41. The first-order valence-electron chi connectivity index (χ1n) is 11.7. The van der Waals surface area contributed by atoms with Gasteiger partial charge in [0.1, 0.15) is 11.8 Å². The van der Waals surface area contributed by atoms with Gasteiger partial charge in [-0.05, 0) is 97.4 Å². The maximum absolute atomic E-state index is 12.7. The molecular weight excluding hydrogens is 532 g/mol. The summed E-state index contributed by atoms with van der Waals surface area (Å²) in [7, 11) is -3.98. The van der Waals surface area contributed by atoms with E-state index in [0.717, 1.165) is 46.1 Å². The maximum Gasteiger partial charge on any atom is 0.322 e. The van der Waals surface area contributed by atoms with Crippen molar-refractivity contribution in [1.29, 1.82) is 0 Å². The highest BCUT2D eigenvalue weighted by Crippen LogP contribution is 2.24. The van der Waals surface area contributed by atoms with Crippen molar-refractivity contribution in [1.82, 2.24) is 10.0 Å². The first-order chi connectivity index (χ1) is 16.8. The summed E-state index contributed by atoms with van der Waals surface area (Å²) in [6.07, 6.45) is 3.46. The molecule has 3 N–H and O–H groups in total. The lowest BCUT2D eigenvalue weighted by molar-refractivity contribution is -0.138. The molecule has 1 fully saturated rings. The molecule has 7 nitrogen and oxygen atoms in total. The van der Waals surface area contributed by atoms with Gasteiger partial charge in [0, 0.05) is 4.47 Å². The Labute approximate surface area is 214 Å². The zero-order valence-electron chi connectivity index (χ0n) is 19.2. The normalized spacial score (nSPS) is 15.7. The largest absolute Gasteiger partial charge is 0.494 e. The topological polar surface area (TPSA) is 105 Å². The van der Waals surface area contributed by atoms with Gasteiger partial charge < -0.3 is 15.2 Å². The quantitative estimate of drug-likeness (QED) is 0.340. The van der Waals surface area contributed by atoms with Gasteiger partial charge in [-0.1, -0.05) is 40.2 Å². The molecule has 186 valence electrons. The highest BCUT2D eigenvalue weighted by molar-refractivity contribution is 9.10. The van der Waals surface area contributed by atoms with E-state index in [2.05, 4.69) is 26.0 Å². The second-order valence-electron chi connectivity index (χ2n) is 8.84. The number of fused-ring (bicyclic) bond motifs is 1. The Hall–Kier alpha value is -2.46. The van der Waals surface area contributed by atoms with Gasteiger partial charge in [-0.25, -0.2) is 8.42 Å². The minimum atomic E-state index is -3.98. The van der Waals surface area contributed by atoms with E-state index < -0.39 is 22.0 Å². The fraction of sp³-hybridized carbons (Fsp3) is 0.346. The number of piperidine rings is 1. The predicted octanol–water partition coefficient (Wildman–Crippen LogP) is 4.35. The van der Waals surface area contributed by atoms with Crippen molar-refractivity contribution in [3.63, 3.8) is 0 Å². The molecule has 0 saturated carbocycles. The third-order valence-electron chi connectivity index (χ3n) is 6.29. The van der Waals surface area contributed by atoms with E-state index in [0.29, 0.717) is 12.5 Å². The van der Waals surface area contributed by atoms with Crippen LogP contribution in [0.5, 0.6) is 5.75 Å². The minimum Gasteiger partial charge on any atom is -0.494 e. The summed E-state index contributed by atoms with van der Waals surface area (Å²) >= 11 is 3.26. The van der Waals surface area contributed by atoms with Crippen LogP contribution in [0, 0.1) is 5.92 Å². The average molecular weight is 561 g/mol. The second-order valence-corrected chi connectivity index (χ2v) is 11.5. The van der Waals surface area contributed by atoms with Crippen LogP contribution in [-0.2, 0) is 21.2 Å². The fourth-order valence-corrected chi connectivity index (χ4v) is 5.74. The van der Waals surface area contributed by atoms with Crippen molar-refractivity contribution in [2.24, 2.45) is 5.92 Å². The lowest BCUT2D eigenvalue weighted by Gasteiger charge is -2.22. The van der Waals surface area contributed by atoms with E-state index in [4.69, 9.17) is 4.74 Å². The molecule has 0 amide bonds. The maximum atomic E-state index is 12.7. The number of aliphatic carboxylic acids is 1. The van der Waals surface area contributed by atoms with E-state index in [1.54, 1.807) is 12.1 Å². The van der Waals surface area contributed by atoms with Crippen LogP contribution in [0.4, 0.5) is 0 Å². The van der Waals surface area contributed by atoms with Crippen molar-refractivity contribution in [3.05, 3.63) is 70.7 Å². The molecule has 4 rings (SSSR count). The molecule has 3 aromatic carbocycles. The summed E-state index contributed by atoms with van der Waals surface area (Å²) in [5, 5.41) is 15.0. The third-order valence-corrected chi connectivity index (χ3v) is 8.31. The number of carboxylic acid groups (broad SMARTS) is 1. The molecule has 35 heavy (non-hydrogen) atoms. The number of sulfonamides is 1. The number of rotatable bonds is 10. The first kappa shape index (κ1) is 25.6. The number of carbonyl (C=O) groups is 1. The summed E-state index contributed by atoms with van der Waals surface area (Å²) in [5.41, 5.74) is 0.725. The van der Waals surface area contributed by atoms with Gasteiger partial charge in [0.25, 0.3) is 0 Å².